The molecule has 3 aromatic carbocycles. The minimum atomic E-state index is -0.850. The summed E-state index contributed by atoms with van der Waals surface area (Å²) >= 11 is 1.21. The van der Waals surface area contributed by atoms with E-state index in [0.29, 0.717) is 55.4 Å². The number of allylic oxidation sites excluding steroid dienone is 1. The monoisotopic (exact) mass is 623 g/mol. The molecule has 0 spiro atoms. The smallest absolute Gasteiger partial charge is 0.338 e. The summed E-state index contributed by atoms with van der Waals surface area (Å²) in [5, 5.41) is 12.8. The van der Waals surface area contributed by atoms with Crippen molar-refractivity contribution in [3.8, 4) is 17.1 Å². The second-order valence-corrected chi connectivity index (χ2v) is 11.3. The number of methoxy groups -OCH3 is 1. The van der Waals surface area contributed by atoms with Gasteiger partial charge in [0, 0.05) is 29.3 Å². The molecule has 1 unspecified atom stereocenters. The Labute approximate surface area is 261 Å². The molecule has 0 N–H and O–H groups in total. The maximum atomic E-state index is 14.3. The zero-order valence-corrected chi connectivity index (χ0v) is 25.6. The summed E-state index contributed by atoms with van der Waals surface area (Å²) in [6.07, 6.45) is 2.89. The summed E-state index contributed by atoms with van der Waals surface area (Å²) in [5.74, 6) is 0.924. The van der Waals surface area contributed by atoms with E-state index in [1.54, 1.807) is 48.9 Å². The van der Waals surface area contributed by atoms with Crippen LogP contribution in [0.2, 0.25) is 0 Å². The summed E-state index contributed by atoms with van der Waals surface area (Å²) in [6, 6.07) is 20.2. The van der Waals surface area contributed by atoms with Crippen molar-refractivity contribution in [2.45, 2.75) is 32.7 Å². The molecule has 0 fully saturated rings. The first kappa shape index (κ1) is 29.8. The fourth-order valence-corrected chi connectivity index (χ4v) is 6.59. The first-order valence-electron chi connectivity index (χ1n) is 14.5. The van der Waals surface area contributed by atoms with Gasteiger partial charge in [-0.25, -0.2) is 9.79 Å². The summed E-state index contributed by atoms with van der Waals surface area (Å²) < 4.78 is 19.3. The van der Waals surface area contributed by atoms with Crippen LogP contribution in [0.3, 0.4) is 0 Å². The first-order chi connectivity index (χ1) is 21.8. The minimum absolute atomic E-state index is 0.0198. The predicted molar refractivity (Wildman–Crippen MR) is 171 cm³/mol. The van der Waals surface area contributed by atoms with Crippen LogP contribution in [0.25, 0.3) is 28.2 Å². The Bertz CT molecular complexity index is 2160. The van der Waals surface area contributed by atoms with Gasteiger partial charge >= 0.3 is 5.97 Å². The first-order valence-corrected chi connectivity index (χ1v) is 15.3. The van der Waals surface area contributed by atoms with E-state index >= 15 is 0 Å². The number of hydrogen-bond acceptors (Lipinski definition) is 9. The highest BCUT2D eigenvalue weighted by Crippen LogP contribution is 2.41. The number of hydrogen-bond donors (Lipinski definition) is 0. The average molecular weight is 624 g/mol. The molecule has 0 amide bonds. The van der Waals surface area contributed by atoms with Gasteiger partial charge in [0.15, 0.2) is 4.80 Å². The van der Waals surface area contributed by atoms with Crippen LogP contribution in [0.4, 0.5) is 5.69 Å². The Morgan fingerprint density at radius 1 is 1.09 bits per heavy atom. The van der Waals surface area contributed by atoms with Crippen molar-refractivity contribution < 1.29 is 23.6 Å². The number of fused-ring (bicyclic) bond motifs is 2. The molecule has 1 atom stereocenters. The number of carbonyl (C=O) groups excluding carboxylic acids is 1. The molecule has 5 aromatic rings. The predicted octanol–water partition coefficient (Wildman–Crippen LogP) is 5.91. The Morgan fingerprint density at radius 3 is 2.58 bits per heavy atom. The third-order valence-corrected chi connectivity index (χ3v) is 8.56. The van der Waals surface area contributed by atoms with Crippen molar-refractivity contribution in [2.24, 2.45) is 4.99 Å². The number of aromatic nitrogens is 1. The number of nitro groups is 1. The largest absolute Gasteiger partial charge is 0.496 e. The highest BCUT2D eigenvalue weighted by Gasteiger charge is 2.37. The van der Waals surface area contributed by atoms with Crippen LogP contribution in [-0.2, 0) is 9.53 Å². The van der Waals surface area contributed by atoms with Crippen molar-refractivity contribution in [2.75, 3.05) is 13.7 Å². The van der Waals surface area contributed by atoms with Crippen LogP contribution < -0.4 is 19.6 Å². The second-order valence-electron chi connectivity index (χ2n) is 10.3. The number of benzene rings is 3. The lowest BCUT2D eigenvalue weighted by Gasteiger charge is -2.28. The Kier molecular flexibility index (Phi) is 8.18. The third-order valence-electron chi connectivity index (χ3n) is 7.58. The van der Waals surface area contributed by atoms with Gasteiger partial charge in [-0.1, -0.05) is 55.0 Å². The van der Waals surface area contributed by atoms with E-state index in [1.165, 1.54) is 23.5 Å². The second kappa shape index (κ2) is 12.4. The Morgan fingerprint density at radius 2 is 1.87 bits per heavy atom. The molecule has 0 saturated heterocycles. The molecule has 0 bridgehead atoms. The third kappa shape index (κ3) is 5.46. The Balaban J connectivity index is 1.56. The number of thiazole rings is 1. The fourth-order valence-electron chi connectivity index (χ4n) is 5.59. The van der Waals surface area contributed by atoms with E-state index in [1.807, 2.05) is 43.3 Å². The summed E-state index contributed by atoms with van der Waals surface area (Å²) in [6.45, 7) is 3.92. The summed E-state index contributed by atoms with van der Waals surface area (Å²) in [7, 11) is 1.57. The van der Waals surface area contributed by atoms with Gasteiger partial charge in [-0.3, -0.25) is 19.5 Å². The van der Waals surface area contributed by atoms with Crippen molar-refractivity contribution in [1.82, 2.24) is 4.57 Å². The highest BCUT2D eigenvalue weighted by molar-refractivity contribution is 7.07. The number of furan rings is 1. The molecular formula is C34H29N3O7S. The molecule has 10 nitrogen and oxygen atoms in total. The van der Waals surface area contributed by atoms with Crippen molar-refractivity contribution in [3.05, 3.63) is 125 Å². The van der Waals surface area contributed by atoms with Gasteiger partial charge in [0.05, 0.1) is 34.4 Å². The normalized spacial score (nSPS) is 14.7. The lowest BCUT2D eigenvalue weighted by Crippen LogP contribution is -2.40. The van der Waals surface area contributed by atoms with Crippen LogP contribution in [0.15, 0.2) is 98.3 Å². The number of ether oxygens (including phenoxy) is 2. The van der Waals surface area contributed by atoms with Crippen LogP contribution in [0, 0.1) is 10.1 Å². The molecule has 1 aliphatic heterocycles. The van der Waals surface area contributed by atoms with E-state index in [9.17, 15) is 19.7 Å². The van der Waals surface area contributed by atoms with Gasteiger partial charge < -0.3 is 13.9 Å². The van der Waals surface area contributed by atoms with E-state index < -0.39 is 16.9 Å². The molecule has 0 aliphatic carbocycles. The standard InChI is InChI=1S/C34H29N3O7S/c1-4-8-25-30(33(39)43-5-2)31(29-24-10-7-6-9-20(24)13-17-27(29)42-3)36-32(38)28(45-34(36)35-25)19-23-16-18-26(44-23)21-11-14-22(15-12-21)37(40)41/h6-7,9-19,31H,4-5,8H2,1-3H3/b28-19-. The van der Waals surface area contributed by atoms with Gasteiger partial charge in [0.2, 0.25) is 0 Å². The molecule has 0 saturated carbocycles. The number of rotatable bonds is 9. The molecule has 1 aliphatic rings. The number of carbonyl (C=O) groups is 1. The van der Waals surface area contributed by atoms with Gasteiger partial charge in [0.25, 0.3) is 11.2 Å². The minimum Gasteiger partial charge on any atom is -0.496 e. The van der Waals surface area contributed by atoms with Crippen LogP contribution >= 0.6 is 11.3 Å². The number of non-ortho nitro benzene ring substituents is 1. The lowest BCUT2D eigenvalue weighted by molar-refractivity contribution is -0.384. The van der Waals surface area contributed by atoms with Crippen molar-refractivity contribution in [3.63, 3.8) is 0 Å². The molecule has 0 radical (unpaired) electrons. The SMILES string of the molecule is CCCC1=C(C(=O)OCC)C(c2c(OC)ccc3ccccc23)n2c(s/c(=C\c3ccc(-c4ccc([N+](=O)[O-])cc4)o3)c2=O)=N1. The molecule has 228 valence electrons. The lowest BCUT2D eigenvalue weighted by atomic mass is 9.90. The van der Waals surface area contributed by atoms with Crippen LogP contribution in [-0.4, -0.2) is 29.2 Å². The molecule has 3 heterocycles. The summed E-state index contributed by atoms with van der Waals surface area (Å²) in [4.78, 5) is 43.8. The van der Waals surface area contributed by atoms with Gasteiger partial charge in [-0.2, -0.15) is 0 Å². The molecular weight excluding hydrogens is 594 g/mol. The van der Waals surface area contributed by atoms with Crippen molar-refractivity contribution >= 4 is 39.8 Å². The molecule has 45 heavy (non-hydrogen) atoms. The number of nitro benzene ring substituents is 1. The van der Waals surface area contributed by atoms with E-state index in [0.717, 1.165) is 17.2 Å². The quantitative estimate of drug-likeness (QED) is 0.114. The van der Waals surface area contributed by atoms with E-state index in [2.05, 4.69) is 0 Å². The number of nitrogens with zero attached hydrogens (tertiary/aromatic N) is 3. The molecule has 6 rings (SSSR count). The molecule has 2 aromatic heterocycles. The highest BCUT2D eigenvalue weighted by atomic mass is 32.1. The van der Waals surface area contributed by atoms with Gasteiger partial charge in [-0.05, 0) is 54.4 Å². The van der Waals surface area contributed by atoms with Gasteiger partial charge in [0.1, 0.15) is 23.3 Å². The average Bonchev–Trinajstić information content (AvgIpc) is 3.64. The van der Waals surface area contributed by atoms with Crippen LogP contribution in [0.5, 0.6) is 5.75 Å². The van der Waals surface area contributed by atoms with E-state index in [4.69, 9.17) is 18.9 Å². The fraction of sp³-hybridized carbons (Fsp3) is 0.206. The maximum Gasteiger partial charge on any atom is 0.338 e. The zero-order valence-electron chi connectivity index (χ0n) is 24.8. The zero-order chi connectivity index (χ0) is 31.7. The summed E-state index contributed by atoms with van der Waals surface area (Å²) in [5.41, 5.74) is 1.85. The Hall–Kier alpha value is -5.29. The maximum absolute atomic E-state index is 14.3. The topological polar surface area (TPSA) is 126 Å². The number of esters is 1. The van der Waals surface area contributed by atoms with Crippen molar-refractivity contribution in [1.29, 1.82) is 0 Å². The van der Waals surface area contributed by atoms with Crippen LogP contribution in [0.1, 0.15) is 44.1 Å². The molecule has 11 heteroatoms. The van der Waals surface area contributed by atoms with E-state index in [-0.39, 0.29) is 17.9 Å². The van der Waals surface area contributed by atoms with Gasteiger partial charge in [-0.15, -0.1) is 0 Å².